The molecule has 0 heterocycles. The number of rotatable bonds is 4. The van der Waals surface area contributed by atoms with Crippen LogP contribution in [0.15, 0.2) is 18.2 Å². The van der Waals surface area contributed by atoms with Gasteiger partial charge in [-0.2, -0.15) is 0 Å². The van der Waals surface area contributed by atoms with Gasteiger partial charge in [0.2, 0.25) is 11.1 Å². The van der Waals surface area contributed by atoms with Crippen molar-refractivity contribution in [1.29, 1.82) is 5.39 Å². The van der Waals surface area contributed by atoms with Crippen LogP contribution in [-0.4, -0.2) is 13.2 Å². The van der Waals surface area contributed by atoms with Crippen LogP contribution in [0.1, 0.15) is 13.8 Å². The highest BCUT2D eigenvalue weighted by atomic mass is 35.5. The normalized spacial score (nSPS) is 8.60. The van der Waals surface area contributed by atoms with Crippen LogP contribution in [0, 0.1) is 5.39 Å². The summed E-state index contributed by atoms with van der Waals surface area (Å²) < 4.78 is 10.5. The van der Waals surface area contributed by atoms with E-state index in [0.29, 0.717) is 30.4 Å². The topological polar surface area (TPSA) is 46.6 Å². The average Bonchev–Trinajstić information content (AvgIpc) is 2.21. The molecule has 0 aliphatic carbocycles. The molecule has 0 radical (unpaired) electrons. The Morgan fingerprint density at radius 3 is 2.40 bits per heavy atom. The van der Waals surface area contributed by atoms with Crippen LogP contribution in [0.2, 0.25) is 0 Å². The molecule has 4 nitrogen and oxygen atoms in total. The predicted octanol–water partition coefficient (Wildman–Crippen LogP) is -0.0274. The molecule has 0 saturated heterocycles. The summed E-state index contributed by atoms with van der Waals surface area (Å²) in [6, 6.07) is 5.14. The third-order valence-corrected chi connectivity index (χ3v) is 1.65. The Morgan fingerprint density at radius 1 is 1.20 bits per heavy atom. The number of nitrogens with zero attached hydrogens (tertiary/aromatic N) is 2. The highest BCUT2D eigenvalue weighted by Crippen LogP contribution is 2.31. The van der Waals surface area contributed by atoms with Gasteiger partial charge in [-0.3, -0.25) is 0 Å². The van der Waals surface area contributed by atoms with E-state index in [2.05, 4.69) is 4.98 Å². The average molecular weight is 229 g/mol. The van der Waals surface area contributed by atoms with Gasteiger partial charge in [0.1, 0.15) is 5.75 Å². The SMILES string of the molecule is CCOc1ccc(OCC)c([N+]#N)c1.[Cl-]. The number of benzene rings is 1. The Labute approximate surface area is 95.2 Å². The Morgan fingerprint density at radius 2 is 1.87 bits per heavy atom. The Hall–Kier alpha value is -1.47. The van der Waals surface area contributed by atoms with E-state index in [0.717, 1.165) is 0 Å². The van der Waals surface area contributed by atoms with Gasteiger partial charge in [0.15, 0.2) is 4.98 Å². The fraction of sp³-hybridized carbons (Fsp3) is 0.400. The van der Waals surface area contributed by atoms with E-state index in [4.69, 9.17) is 14.9 Å². The number of hydrogen-bond acceptors (Lipinski definition) is 3. The van der Waals surface area contributed by atoms with E-state index in [1.54, 1.807) is 18.2 Å². The standard InChI is InChI=1S/C10H13N2O2.ClH/c1-3-13-8-5-6-10(14-4-2)9(7-8)12-11;/h5-7H,3-4H2,1-2H3;1H/q+1;/p-1. The van der Waals surface area contributed by atoms with Crippen LogP contribution in [0.5, 0.6) is 11.5 Å². The number of halogens is 1. The Bertz CT molecular complexity index is 350. The van der Waals surface area contributed by atoms with Crippen molar-refractivity contribution >= 4 is 5.69 Å². The van der Waals surface area contributed by atoms with Crippen molar-refractivity contribution in [3.8, 4) is 11.5 Å². The molecule has 5 heteroatoms. The molecule has 0 spiro atoms. The summed E-state index contributed by atoms with van der Waals surface area (Å²) in [6.45, 7) is 4.89. The van der Waals surface area contributed by atoms with Crippen molar-refractivity contribution in [2.24, 2.45) is 0 Å². The zero-order valence-electron chi connectivity index (χ0n) is 8.74. The van der Waals surface area contributed by atoms with Gasteiger partial charge in [-0.25, -0.2) is 0 Å². The van der Waals surface area contributed by atoms with Crippen molar-refractivity contribution < 1.29 is 21.9 Å². The molecule has 1 aromatic carbocycles. The second-order valence-corrected chi connectivity index (χ2v) is 2.60. The largest absolute Gasteiger partial charge is 1.00 e. The first-order valence-corrected chi connectivity index (χ1v) is 4.56. The van der Waals surface area contributed by atoms with E-state index in [1.165, 1.54) is 0 Å². The van der Waals surface area contributed by atoms with E-state index in [-0.39, 0.29) is 12.4 Å². The summed E-state index contributed by atoms with van der Waals surface area (Å²) in [5, 5.41) is 8.73. The molecule has 0 N–H and O–H groups in total. The third kappa shape index (κ3) is 3.64. The van der Waals surface area contributed by atoms with Gasteiger partial charge in [0, 0.05) is 0 Å². The van der Waals surface area contributed by atoms with E-state index >= 15 is 0 Å². The summed E-state index contributed by atoms with van der Waals surface area (Å²) in [4.78, 5) is 3.13. The molecule has 1 rings (SSSR count). The molecule has 0 saturated carbocycles. The first-order chi connectivity index (χ1) is 6.81. The van der Waals surface area contributed by atoms with Crippen molar-refractivity contribution in [3.63, 3.8) is 0 Å². The van der Waals surface area contributed by atoms with Crippen LogP contribution in [0.25, 0.3) is 4.98 Å². The van der Waals surface area contributed by atoms with Crippen molar-refractivity contribution in [2.75, 3.05) is 13.2 Å². The second-order valence-electron chi connectivity index (χ2n) is 2.60. The highest BCUT2D eigenvalue weighted by molar-refractivity contribution is 5.60. The van der Waals surface area contributed by atoms with Crippen molar-refractivity contribution in [2.45, 2.75) is 13.8 Å². The molecular weight excluding hydrogens is 216 g/mol. The quantitative estimate of drug-likeness (QED) is 0.681. The molecule has 0 amide bonds. The van der Waals surface area contributed by atoms with E-state index < -0.39 is 0 Å². The molecule has 0 aliphatic rings. The number of diazo groups is 1. The van der Waals surface area contributed by atoms with Crippen LogP contribution in [0.4, 0.5) is 5.69 Å². The van der Waals surface area contributed by atoms with E-state index in [1.807, 2.05) is 13.8 Å². The first kappa shape index (κ1) is 13.5. The monoisotopic (exact) mass is 228 g/mol. The summed E-state index contributed by atoms with van der Waals surface area (Å²) in [7, 11) is 0. The maximum atomic E-state index is 8.73. The fourth-order valence-corrected chi connectivity index (χ4v) is 1.11. The fourth-order valence-electron chi connectivity index (χ4n) is 1.11. The van der Waals surface area contributed by atoms with E-state index in [9.17, 15) is 0 Å². The molecule has 0 aromatic heterocycles. The molecule has 82 valence electrons. The molecule has 15 heavy (non-hydrogen) atoms. The molecular formula is C10H13ClN2O2. The van der Waals surface area contributed by atoms with Gasteiger partial charge in [0.05, 0.1) is 19.3 Å². The number of hydrogen-bond donors (Lipinski definition) is 0. The van der Waals surface area contributed by atoms with Crippen LogP contribution in [0.3, 0.4) is 0 Å². The lowest BCUT2D eigenvalue weighted by Crippen LogP contribution is -3.00. The zero-order chi connectivity index (χ0) is 10.4. The highest BCUT2D eigenvalue weighted by Gasteiger charge is 2.15. The van der Waals surface area contributed by atoms with Gasteiger partial charge in [-0.1, -0.05) is 0 Å². The summed E-state index contributed by atoms with van der Waals surface area (Å²) in [5.41, 5.74) is 0.387. The van der Waals surface area contributed by atoms with Gasteiger partial charge < -0.3 is 21.9 Å². The molecule has 0 bridgehead atoms. The number of ether oxygens (including phenoxy) is 2. The molecule has 0 atom stereocenters. The molecule has 1 aromatic rings. The van der Waals surface area contributed by atoms with Crippen LogP contribution >= 0.6 is 0 Å². The van der Waals surface area contributed by atoms with Gasteiger partial charge >= 0.3 is 5.69 Å². The lowest BCUT2D eigenvalue weighted by Gasteiger charge is -2.03. The maximum Gasteiger partial charge on any atom is 0.429 e. The van der Waals surface area contributed by atoms with Crippen LogP contribution < -0.4 is 21.9 Å². The lowest BCUT2D eigenvalue weighted by molar-refractivity contribution is -0.00000425. The zero-order valence-corrected chi connectivity index (χ0v) is 9.49. The summed E-state index contributed by atoms with van der Waals surface area (Å²) >= 11 is 0. The maximum absolute atomic E-state index is 8.73. The minimum Gasteiger partial charge on any atom is -1.00 e. The smallest absolute Gasteiger partial charge is 0.429 e. The lowest BCUT2D eigenvalue weighted by atomic mass is 10.3. The minimum absolute atomic E-state index is 0. The summed E-state index contributed by atoms with van der Waals surface area (Å²) in [6.07, 6.45) is 0. The second kappa shape index (κ2) is 6.91. The summed E-state index contributed by atoms with van der Waals surface area (Å²) in [5.74, 6) is 1.22. The first-order valence-electron chi connectivity index (χ1n) is 4.56. The van der Waals surface area contributed by atoms with Crippen LogP contribution in [-0.2, 0) is 0 Å². The molecule has 0 aliphatic heterocycles. The van der Waals surface area contributed by atoms with Gasteiger partial charge in [0.25, 0.3) is 0 Å². The molecule has 0 fully saturated rings. The van der Waals surface area contributed by atoms with Crippen molar-refractivity contribution in [1.82, 2.24) is 0 Å². The van der Waals surface area contributed by atoms with Gasteiger partial charge in [-0.15, -0.1) is 0 Å². The van der Waals surface area contributed by atoms with Gasteiger partial charge in [-0.05, 0) is 26.0 Å². The molecule has 0 unspecified atom stereocenters. The Balaban J connectivity index is 0.00000196. The third-order valence-electron chi connectivity index (χ3n) is 1.65. The predicted molar refractivity (Wildman–Crippen MR) is 53.5 cm³/mol. The minimum atomic E-state index is 0. The van der Waals surface area contributed by atoms with Crippen molar-refractivity contribution in [3.05, 3.63) is 23.2 Å². The Kier molecular flexibility index (Phi) is 6.23.